The topological polar surface area (TPSA) is 24.5 Å². The first-order valence-corrected chi connectivity index (χ1v) is 9.87. The number of nitrogens with zero attached hydrogens (tertiary/aromatic N) is 1. The van der Waals surface area contributed by atoms with Crippen molar-refractivity contribution in [2.45, 2.75) is 43.7 Å². The summed E-state index contributed by atoms with van der Waals surface area (Å²) in [7, 11) is 3.98. The number of benzene rings is 2. The van der Waals surface area contributed by atoms with Crippen LogP contribution in [-0.4, -0.2) is 44.2 Å². The fourth-order valence-electron chi connectivity index (χ4n) is 4.99. The van der Waals surface area contributed by atoms with Gasteiger partial charge in [-0.05, 0) is 80.4 Å². The van der Waals surface area contributed by atoms with Gasteiger partial charge in [0.1, 0.15) is 11.6 Å². The molecule has 1 heterocycles. The van der Waals surface area contributed by atoms with E-state index < -0.39 is 0 Å². The zero-order valence-electron chi connectivity index (χ0n) is 16.5. The van der Waals surface area contributed by atoms with Crippen molar-refractivity contribution < 1.29 is 9.13 Å². The Bertz CT molecular complexity index is 807. The van der Waals surface area contributed by atoms with E-state index in [2.05, 4.69) is 42.4 Å². The summed E-state index contributed by atoms with van der Waals surface area (Å²) in [4.78, 5) is 2.50. The number of hydrogen-bond donors (Lipinski definition) is 1. The van der Waals surface area contributed by atoms with Crippen LogP contribution >= 0.6 is 0 Å². The number of likely N-dealkylation sites (N-methyl/N-ethyl adjacent to an activating group) is 1. The molecule has 1 saturated heterocycles. The van der Waals surface area contributed by atoms with Gasteiger partial charge in [-0.15, -0.1) is 0 Å². The molecule has 1 fully saturated rings. The number of piperidine rings is 1. The van der Waals surface area contributed by atoms with Crippen molar-refractivity contribution in [1.82, 2.24) is 10.2 Å². The lowest BCUT2D eigenvalue weighted by atomic mass is 9.61. The molecular formula is C23H29FN2O. The number of likely N-dealkylation sites (tertiary alicyclic amines) is 1. The molecule has 1 N–H and O–H groups in total. The molecule has 2 aromatic carbocycles. The van der Waals surface area contributed by atoms with E-state index in [1.165, 1.54) is 16.7 Å². The minimum Gasteiger partial charge on any atom is -0.497 e. The number of nitrogens with one attached hydrogen (secondary N) is 1. The molecule has 0 amide bonds. The summed E-state index contributed by atoms with van der Waals surface area (Å²) in [6.45, 7) is 4.42. The van der Waals surface area contributed by atoms with Crippen molar-refractivity contribution in [1.29, 1.82) is 0 Å². The van der Waals surface area contributed by atoms with Crippen LogP contribution in [0.2, 0.25) is 0 Å². The predicted molar refractivity (Wildman–Crippen MR) is 107 cm³/mol. The van der Waals surface area contributed by atoms with E-state index in [4.69, 9.17) is 4.74 Å². The van der Waals surface area contributed by atoms with Crippen LogP contribution in [0.3, 0.4) is 0 Å². The molecule has 2 aliphatic rings. The molecule has 0 unspecified atom stereocenters. The summed E-state index contributed by atoms with van der Waals surface area (Å²) >= 11 is 0. The van der Waals surface area contributed by atoms with E-state index in [1.54, 1.807) is 19.2 Å². The van der Waals surface area contributed by atoms with Crippen molar-refractivity contribution in [3.8, 4) is 5.75 Å². The maximum atomic E-state index is 13.1. The van der Waals surface area contributed by atoms with E-state index >= 15 is 0 Å². The first kappa shape index (κ1) is 18.5. The van der Waals surface area contributed by atoms with Crippen LogP contribution in [-0.2, 0) is 18.3 Å². The molecule has 3 atom stereocenters. The molecule has 4 heteroatoms. The number of halogens is 1. The number of hydrogen-bond acceptors (Lipinski definition) is 3. The van der Waals surface area contributed by atoms with Gasteiger partial charge in [0.25, 0.3) is 0 Å². The van der Waals surface area contributed by atoms with Crippen molar-refractivity contribution in [3.63, 3.8) is 0 Å². The van der Waals surface area contributed by atoms with E-state index in [9.17, 15) is 4.39 Å². The fourth-order valence-corrected chi connectivity index (χ4v) is 4.99. The van der Waals surface area contributed by atoms with Gasteiger partial charge in [-0.25, -0.2) is 4.39 Å². The van der Waals surface area contributed by atoms with Gasteiger partial charge in [-0.3, -0.25) is 0 Å². The molecule has 1 aliphatic heterocycles. The highest BCUT2D eigenvalue weighted by Gasteiger charge is 2.49. The average molecular weight is 368 g/mol. The summed E-state index contributed by atoms with van der Waals surface area (Å²) < 4.78 is 18.6. The molecule has 1 aliphatic carbocycles. The number of ether oxygens (including phenoxy) is 1. The molecule has 3 nitrogen and oxygen atoms in total. The fraction of sp³-hybridized carbons (Fsp3) is 0.478. The summed E-state index contributed by atoms with van der Waals surface area (Å²) in [6.07, 6.45) is 3.11. The quantitative estimate of drug-likeness (QED) is 0.873. The van der Waals surface area contributed by atoms with E-state index in [0.29, 0.717) is 12.1 Å². The highest BCUT2D eigenvalue weighted by atomic mass is 19.1. The average Bonchev–Trinajstić information content (AvgIpc) is 2.68. The first-order chi connectivity index (χ1) is 13.0. The third-order valence-corrected chi connectivity index (χ3v) is 6.67. The lowest BCUT2D eigenvalue weighted by Crippen LogP contribution is -2.66. The third kappa shape index (κ3) is 3.37. The molecule has 2 aromatic rings. The van der Waals surface area contributed by atoms with Crippen LogP contribution in [0.15, 0.2) is 42.5 Å². The normalized spacial score (nSPS) is 27.3. The zero-order valence-corrected chi connectivity index (χ0v) is 16.5. The largest absolute Gasteiger partial charge is 0.497 e. The van der Waals surface area contributed by atoms with Crippen molar-refractivity contribution in [2.75, 3.05) is 27.2 Å². The van der Waals surface area contributed by atoms with Gasteiger partial charge in [0.2, 0.25) is 0 Å². The Kier molecular flexibility index (Phi) is 4.95. The van der Waals surface area contributed by atoms with Gasteiger partial charge < -0.3 is 15.0 Å². The van der Waals surface area contributed by atoms with Gasteiger partial charge in [0.05, 0.1) is 7.11 Å². The summed E-state index contributed by atoms with van der Waals surface area (Å²) in [5.41, 5.74) is 4.16. The Morgan fingerprint density at radius 2 is 2.00 bits per heavy atom. The summed E-state index contributed by atoms with van der Waals surface area (Å²) in [6, 6.07) is 14.3. The van der Waals surface area contributed by atoms with Crippen LogP contribution in [0.5, 0.6) is 5.75 Å². The predicted octanol–water partition coefficient (Wildman–Crippen LogP) is 3.55. The van der Waals surface area contributed by atoms with Gasteiger partial charge in [-0.1, -0.05) is 25.1 Å². The Morgan fingerprint density at radius 1 is 1.22 bits per heavy atom. The van der Waals surface area contributed by atoms with Gasteiger partial charge in [0.15, 0.2) is 0 Å². The molecule has 0 aromatic heterocycles. The Morgan fingerprint density at radius 3 is 2.74 bits per heavy atom. The van der Waals surface area contributed by atoms with Crippen LogP contribution in [0.25, 0.3) is 0 Å². The van der Waals surface area contributed by atoms with Crippen LogP contribution < -0.4 is 10.1 Å². The molecule has 27 heavy (non-hydrogen) atoms. The highest BCUT2D eigenvalue weighted by Crippen LogP contribution is 2.45. The molecule has 0 radical (unpaired) electrons. The molecule has 2 bridgehead atoms. The number of methoxy groups -OCH3 is 1. The molecule has 0 saturated carbocycles. The van der Waals surface area contributed by atoms with Crippen molar-refractivity contribution >= 4 is 0 Å². The Hall–Kier alpha value is -1.91. The van der Waals surface area contributed by atoms with E-state index in [0.717, 1.165) is 38.1 Å². The second-order valence-electron chi connectivity index (χ2n) is 8.25. The molecule has 144 valence electrons. The zero-order chi connectivity index (χ0) is 19.0. The lowest BCUT2D eigenvalue weighted by Gasteiger charge is -2.55. The van der Waals surface area contributed by atoms with Crippen molar-refractivity contribution in [3.05, 3.63) is 65.0 Å². The first-order valence-electron chi connectivity index (χ1n) is 9.87. The third-order valence-electron chi connectivity index (χ3n) is 6.67. The van der Waals surface area contributed by atoms with Crippen LogP contribution in [0.4, 0.5) is 4.39 Å². The summed E-state index contributed by atoms with van der Waals surface area (Å²) in [5, 5.41) is 3.86. The van der Waals surface area contributed by atoms with E-state index in [1.807, 2.05) is 12.1 Å². The number of rotatable bonds is 5. The molecule has 0 spiro atoms. The Balaban J connectivity index is 1.56. The second-order valence-corrected chi connectivity index (χ2v) is 8.25. The smallest absolute Gasteiger partial charge is 0.123 e. The Labute approximate surface area is 161 Å². The lowest BCUT2D eigenvalue weighted by molar-refractivity contribution is 0.0663. The van der Waals surface area contributed by atoms with E-state index in [-0.39, 0.29) is 11.2 Å². The highest BCUT2D eigenvalue weighted by molar-refractivity contribution is 5.45. The number of fused-ring (bicyclic) bond motifs is 4. The van der Waals surface area contributed by atoms with Crippen LogP contribution in [0.1, 0.15) is 30.0 Å². The molecular weight excluding hydrogens is 339 g/mol. The summed E-state index contributed by atoms with van der Waals surface area (Å²) in [5.74, 6) is 0.769. The maximum absolute atomic E-state index is 13.1. The minimum atomic E-state index is -0.173. The SMILES string of the molecule is COc1ccc2c(c1)[C@]1(C)CCN(C)[C@H](C2)[C@@H]1NCCc1ccc(F)cc1. The minimum absolute atomic E-state index is 0.0993. The van der Waals surface area contributed by atoms with Gasteiger partial charge >= 0.3 is 0 Å². The second kappa shape index (κ2) is 7.25. The van der Waals surface area contributed by atoms with Gasteiger partial charge in [0, 0.05) is 17.5 Å². The van der Waals surface area contributed by atoms with Gasteiger partial charge in [-0.2, -0.15) is 0 Å². The van der Waals surface area contributed by atoms with Crippen molar-refractivity contribution in [2.24, 2.45) is 0 Å². The van der Waals surface area contributed by atoms with Crippen LogP contribution in [0, 0.1) is 5.82 Å². The maximum Gasteiger partial charge on any atom is 0.123 e. The monoisotopic (exact) mass is 368 g/mol. The standard InChI is InChI=1S/C23H29FN2O/c1-23-11-13-26(2)21(14-17-6-9-19(27-3)15-20(17)23)22(23)25-12-10-16-4-7-18(24)8-5-16/h4-9,15,21-22,25H,10-14H2,1-3H3/t21-,22+,23+/m1/s1. The molecule has 4 rings (SSSR count).